The van der Waals surface area contributed by atoms with E-state index in [9.17, 15) is 4.79 Å². The van der Waals surface area contributed by atoms with Crippen LogP contribution in [0.3, 0.4) is 0 Å². The van der Waals surface area contributed by atoms with Crippen LogP contribution >= 0.6 is 0 Å². The quantitative estimate of drug-likeness (QED) is 0.908. The first-order chi connectivity index (χ1) is 12.2. The Morgan fingerprint density at radius 3 is 2.84 bits per heavy atom. The molecule has 132 valence electrons. The molecule has 1 N–H and O–H groups in total. The van der Waals surface area contributed by atoms with Gasteiger partial charge >= 0.3 is 0 Å². The van der Waals surface area contributed by atoms with E-state index >= 15 is 0 Å². The monoisotopic (exact) mass is 341 g/mol. The molecule has 0 atom stereocenters. The lowest BCUT2D eigenvalue weighted by atomic mass is 10.1. The van der Waals surface area contributed by atoms with Crippen LogP contribution in [0.2, 0.25) is 0 Å². The Morgan fingerprint density at radius 1 is 1.20 bits per heavy atom. The number of likely N-dealkylation sites (N-methyl/N-ethyl adjacent to an activating group) is 1. The van der Waals surface area contributed by atoms with Gasteiger partial charge in [0.2, 0.25) is 5.88 Å². The minimum absolute atomic E-state index is 0.206. The molecule has 1 amide bonds. The predicted molar refractivity (Wildman–Crippen MR) is 94.9 cm³/mol. The van der Waals surface area contributed by atoms with Gasteiger partial charge < -0.3 is 15.0 Å². The number of piperazine rings is 1. The highest BCUT2D eigenvalue weighted by atomic mass is 16.5. The van der Waals surface area contributed by atoms with E-state index in [2.05, 4.69) is 33.3 Å². The molecule has 0 spiro atoms. The van der Waals surface area contributed by atoms with E-state index in [1.54, 1.807) is 10.7 Å². The van der Waals surface area contributed by atoms with Crippen molar-refractivity contribution in [2.45, 2.75) is 13.1 Å². The van der Waals surface area contributed by atoms with Crippen LogP contribution in [0, 0.1) is 0 Å². The highest BCUT2D eigenvalue weighted by molar-refractivity contribution is 6.03. The van der Waals surface area contributed by atoms with E-state index in [-0.39, 0.29) is 5.91 Å². The zero-order valence-electron chi connectivity index (χ0n) is 14.4. The number of rotatable bonds is 4. The summed E-state index contributed by atoms with van der Waals surface area (Å²) in [6.45, 7) is 6.58. The third kappa shape index (κ3) is 3.67. The van der Waals surface area contributed by atoms with Gasteiger partial charge in [-0.15, -0.1) is 0 Å². The van der Waals surface area contributed by atoms with E-state index in [0.29, 0.717) is 24.7 Å². The van der Waals surface area contributed by atoms with Crippen molar-refractivity contribution in [2.75, 3.05) is 45.2 Å². The molecule has 2 aromatic rings. The standard InChI is InChI=1S/C18H23N5O2/c1-21-5-7-22(8-6-21)13-14-3-2-4-15(11-14)19-18(24)16-12-17-23(20-16)9-10-25-17/h2-4,11-12H,5-10,13H2,1H3,(H,19,24). The first-order valence-electron chi connectivity index (χ1n) is 8.69. The van der Waals surface area contributed by atoms with Gasteiger partial charge in [0.1, 0.15) is 6.61 Å². The molecule has 7 heteroatoms. The summed E-state index contributed by atoms with van der Waals surface area (Å²) >= 11 is 0. The SMILES string of the molecule is CN1CCN(Cc2cccc(NC(=O)c3cc4n(n3)CCO4)c2)CC1. The van der Waals surface area contributed by atoms with Crippen molar-refractivity contribution in [3.05, 3.63) is 41.6 Å². The van der Waals surface area contributed by atoms with Gasteiger partial charge in [-0.3, -0.25) is 9.69 Å². The van der Waals surface area contributed by atoms with Gasteiger partial charge in [0, 0.05) is 44.5 Å². The lowest BCUT2D eigenvalue weighted by molar-refractivity contribution is 0.102. The molecular weight excluding hydrogens is 318 g/mol. The fourth-order valence-corrected chi connectivity index (χ4v) is 3.23. The molecule has 2 aliphatic rings. The Bertz CT molecular complexity index is 743. The first kappa shape index (κ1) is 16.1. The molecule has 0 aliphatic carbocycles. The molecule has 4 rings (SSSR count). The van der Waals surface area contributed by atoms with Crippen molar-refractivity contribution in [1.29, 1.82) is 0 Å². The van der Waals surface area contributed by atoms with Crippen molar-refractivity contribution >= 4 is 11.6 Å². The van der Waals surface area contributed by atoms with Gasteiger partial charge in [-0.2, -0.15) is 5.10 Å². The number of fused-ring (bicyclic) bond motifs is 1. The normalized spacial score (nSPS) is 18.0. The number of carbonyl (C=O) groups excluding carboxylic acids is 1. The lowest BCUT2D eigenvalue weighted by Crippen LogP contribution is -2.43. The number of hydrogen-bond acceptors (Lipinski definition) is 5. The number of aromatic nitrogens is 2. The number of amides is 1. The minimum Gasteiger partial charge on any atom is -0.476 e. The summed E-state index contributed by atoms with van der Waals surface area (Å²) in [6.07, 6.45) is 0. The second-order valence-electron chi connectivity index (χ2n) is 6.67. The smallest absolute Gasteiger partial charge is 0.276 e. The number of carbonyl (C=O) groups is 1. The average molecular weight is 341 g/mol. The maximum Gasteiger partial charge on any atom is 0.276 e. The number of ether oxygens (including phenoxy) is 1. The molecule has 0 saturated carbocycles. The largest absolute Gasteiger partial charge is 0.476 e. The van der Waals surface area contributed by atoms with Gasteiger partial charge in [0.05, 0.1) is 6.54 Å². The van der Waals surface area contributed by atoms with Crippen molar-refractivity contribution in [3.8, 4) is 5.88 Å². The Morgan fingerprint density at radius 2 is 2.04 bits per heavy atom. The van der Waals surface area contributed by atoms with Crippen LogP contribution in [0.25, 0.3) is 0 Å². The summed E-state index contributed by atoms with van der Waals surface area (Å²) in [6, 6.07) is 9.73. The average Bonchev–Trinajstić information content (AvgIpc) is 3.19. The van der Waals surface area contributed by atoms with E-state index in [1.807, 2.05) is 18.2 Å². The molecule has 7 nitrogen and oxygen atoms in total. The topological polar surface area (TPSA) is 62.6 Å². The Labute approximate surface area is 147 Å². The summed E-state index contributed by atoms with van der Waals surface area (Å²) < 4.78 is 7.12. The Balaban J connectivity index is 1.39. The zero-order valence-corrected chi connectivity index (χ0v) is 14.4. The third-order valence-electron chi connectivity index (χ3n) is 4.72. The molecule has 2 aliphatic heterocycles. The van der Waals surface area contributed by atoms with Gasteiger partial charge in [0.25, 0.3) is 5.91 Å². The number of hydrogen-bond donors (Lipinski definition) is 1. The molecule has 25 heavy (non-hydrogen) atoms. The summed E-state index contributed by atoms with van der Waals surface area (Å²) in [4.78, 5) is 17.2. The van der Waals surface area contributed by atoms with Gasteiger partial charge in [-0.05, 0) is 24.7 Å². The third-order valence-corrected chi connectivity index (χ3v) is 4.72. The summed E-state index contributed by atoms with van der Waals surface area (Å²) in [5, 5.41) is 7.21. The molecular formula is C18H23N5O2. The highest BCUT2D eigenvalue weighted by Crippen LogP contribution is 2.20. The van der Waals surface area contributed by atoms with Crippen LogP contribution in [0.15, 0.2) is 30.3 Å². The second kappa shape index (κ2) is 6.85. The predicted octanol–water partition coefficient (Wildman–Crippen LogP) is 1.28. The maximum atomic E-state index is 12.4. The van der Waals surface area contributed by atoms with Crippen LogP contribution in [0.1, 0.15) is 16.1 Å². The van der Waals surface area contributed by atoms with Crippen LogP contribution in [0.5, 0.6) is 5.88 Å². The number of nitrogens with one attached hydrogen (secondary N) is 1. The van der Waals surface area contributed by atoms with E-state index in [4.69, 9.17) is 4.74 Å². The van der Waals surface area contributed by atoms with Gasteiger partial charge in [-0.25, -0.2) is 4.68 Å². The summed E-state index contributed by atoms with van der Waals surface area (Å²) in [5.41, 5.74) is 2.39. The van der Waals surface area contributed by atoms with Gasteiger partial charge in [-0.1, -0.05) is 12.1 Å². The fourth-order valence-electron chi connectivity index (χ4n) is 3.23. The van der Waals surface area contributed by atoms with Crippen molar-refractivity contribution in [1.82, 2.24) is 19.6 Å². The molecule has 0 bridgehead atoms. The molecule has 1 aromatic heterocycles. The van der Waals surface area contributed by atoms with E-state index < -0.39 is 0 Å². The maximum absolute atomic E-state index is 12.4. The van der Waals surface area contributed by atoms with E-state index in [0.717, 1.165) is 38.4 Å². The molecule has 0 radical (unpaired) electrons. The van der Waals surface area contributed by atoms with E-state index in [1.165, 1.54) is 5.56 Å². The summed E-state index contributed by atoms with van der Waals surface area (Å²) in [5.74, 6) is 0.455. The second-order valence-corrected chi connectivity index (χ2v) is 6.67. The number of benzene rings is 1. The Kier molecular flexibility index (Phi) is 4.42. The van der Waals surface area contributed by atoms with Crippen LogP contribution in [-0.2, 0) is 13.1 Å². The molecule has 1 saturated heterocycles. The number of anilines is 1. The summed E-state index contributed by atoms with van der Waals surface area (Å²) in [7, 11) is 2.16. The van der Waals surface area contributed by atoms with Gasteiger partial charge in [0.15, 0.2) is 5.69 Å². The fraction of sp³-hybridized carbons (Fsp3) is 0.444. The lowest BCUT2D eigenvalue weighted by Gasteiger charge is -2.32. The van der Waals surface area contributed by atoms with Crippen molar-refractivity contribution in [3.63, 3.8) is 0 Å². The molecule has 1 fully saturated rings. The molecule has 1 aromatic carbocycles. The van der Waals surface area contributed by atoms with Crippen LogP contribution in [-0.4, -0.2) is 65.3 Å². The van der Waals surface area contributed by atoms with Crippen molar-refractivity contribution in [2.24, 2.45) is 0 Å². The van der Waals surface area contributed by atoms with Crippen molar-refractivity contribution < 1.29 is 9.53 Å². The first-order valence-corrected chi connectivity index (χ1v) is 8.69. The highest BCUT2D eigenvalue weighted by Gasteiger charge is 2.19. The van der Waals surface area contributed by atoms with Crippen LogP contribution in [0.4, 0.5) is 5.69 Å². The molecule has 0 unspecified atom stereocenters. The zero-order chi connectivity index (χ0) is 17.2. The molecule has 3 heterocycles. The van der Waals surface area contributed by atoms with Crippen LogP contribution < -0.4 is 10.1 Å². The Hall–Kier alpha value is -2.38. The minimum atomic E-state index is -0.206. The number of nitrogens with zero attached hydrogens (tertiary/aromatic N) is 4.